The van der Waals surface area contributed by atoms with Crippen molar-refractivity contribution in [2.45, 2.75) is 26.8 Å². The molecule has 0 aliphatic carbocycles. The van der Waals surface area contributed by atoms with Crippen LogP contribution in [0.1, 0.15) is 24.7 Å². The van der Waals surface area contributed by atoms with Crippen molar-refractivity contribution in [3.8, 4) is 5.75 Å². The number of nitrogens with zero attached hydrogens (tertiary/aromatic N) is 2. The Morgan fingerprint density at radius 1 is 1.33 bits per heavy atom. The maximum absolute atomic E-state index is 5.26. The van der Waals surface area contributed by atoms with E-state index in [-0.39, 0.29) is 0 Å². The van der Waals surface area contributed by atoms with E-state index in [2.05, 4.69) is 29.2 Å². The molecule has 1 rings (SSSR count). The van der Waals surface area contributed by atoms with Crippen LogP contribution in [0.15, 0.2) is 12.1 Å². The number of likely N-dealkylation sites (N-methyl/N-ethyl adjacent to an activating group) is 1. The fraction of sp³-hybridized carbons (Fsp3) is 0.643. The van der Waals surface area contributed by atoms with Crippen LogP contribution >= 0.6 is 0 Å². The predicted molar refractivity (Wildman–Crippen MR) is 75.0 cm³/mol. The summed E-state index contributed by atoms with van der Waals surface area (Å²) in [6.45, 7) is 8.16. The second-order valence-corrected chi connectivity index (χ2v) is 4.63. The van der Waals surface area contributed by atoms with Gasteiger partial charge in [0, 0.05) is 37.5 Å². The Labute approximate surface area is 110 Å². The predicted octanol–water partition coefficient (Wildman–Crippen LogP) is 1.83. The highest BCUT2D eigenvalue weighted by Gasteiger charge is 2.04. The second-order valence-electron chi connectivity index (χ2n) is 4.63. The number of methoxy groups -OCH3 is 1. The van der Waals surface area contributed by atoms with E-state index in [4.69, 9.17) is 4.74 Å². The third-order valence-corrected chi connectivity index (χ3v) is 2.74. The van der Waals surface area contributed by atoms with Gasteiger partial charge in [0.15, 0.2) is 0 Å². The molecule has 0 amide bonds. The van der Waals surface area contributed by atoms with E-state index in [0.717, 1.165) is 43.3 Å². The summed E-state index contributed by atoms with van der Waals surface area (Å²) >= 11 is 0. The van der Waals surface area contributed by atoms with Gasteiger partial charge in [-0.2, -0.15) is 0 Å². The standard InChI is InChI=1S/C14H25N3O/c1-5-6-15-7-8-17(3)11-13-10-14(18-4)9-12(2)16-13/h9-10,15H,5-8,11H2,1-4H3. The second kappa shape index (κ2) is 8.06. The first-order valence-electron chi connectivity index (χ1n) is 6.56. The van der Waals surface area contributed by atoms with Gasteiger partial charge in [-0.1, -0.05) is 6.92 Å². The molecule has 0 radical (unpaired) electrons. The zero-order chi connectivity index (χ0) is 13.4. The number of ether oxygens (including phenoxy) is 1. The molecular weight excluding hydrogens is 226 g/mol. The van der Waals surface area contributed by atoms with Gasteiger partial charge >= 0.3 is 0 Å². The fourth-order valence-electron chi connectivity index (χ4n) is 1.83. The van der Waals surface area contributed by atoms with E-state index in [1.165, 1.54) is 6.42 Å². The zero-order valence-corrected chi connectivity index (χ0v) is 12.0. The van der Waals surface area contributed by atoms with Crippen molar-refractivity contribution < 1.29 is 4.74 Å². The lowest BCUT2D eigenvalue weighted by Crippen LogP contribution is -2.29. The lowest BCUT2D eigenvalue weighted by molar-refractivity contribution is 0.319. The molecule has 0 aromatic carbocycles. The van der Waals surface area contributed by atoms with Gasteiger partial charge in [-0.15, -0.1) is 0 Å². The normalized spacial score (nSPS) is 10.9. The summed E-state index contributed by atoms with van der Waals surface area (Å²) in [5, 5.41) is 3.40. The highest BCUT2D eigenvalue weighted by Crippen LogP contribution is 2.14. The minimum absolute atomic E-state index is 0.853. The summed E-state index contributed by atoms with van der Waals surface area (Å²) in [5.41, 5.74) is 2.06. The maximum atomic E-state index is 5.26. The molecule has 1 heterocycles. The van der Waals surface area contributed by atoms with Crippen molar-refractivity contribution in [3.63, 3.8) is 0 Å². The van der Waals surface area contributed by atoms with E-state index >= 15 is 0 Å². The minimum Gasteiger partial charge on any atom is -0.497 e. The van der Waals surface area contributed by atoms with E-state index in [0.29, 0.717) is 0 Å². The summed E-state index contributed by atoms with van der Waals surface area (Å²) in [6.07, 6.45) is 1.18. The molecule has 0 aliphatic heterocycles. The monoisotopic (exact) mass is 251 g/mol. The number of rotatable bonds is 8. The molecule has 0 saturated heterocycles. The van der Waals surface area contributed by atoms with Crippen molar-refractivity contribution in [3.05, 3.63) is 23.5 Å². The first kappa shape index (κ1) is 14.9. The molecule has 0 bridgehead atoms. The van der Waals surface area contributed by atoms with Crippen LogP contribution in [0.25, 0.3) is 0 Å². The van der Waals surface area contributed by atoms with E-state index in [9.17, 15) is 0 Å². The molecule has 0 saturated carbocycles. The first-order valence-corrected chi connectivity index (χ1v) is 6.56. The third kappa shape index (κ3) is 5.47. The Morgan fingerprint density at radius 2 is 2.11 bits per heavy atom. The molecule has 1 aromatic heterocycles. The molecule has 0 aliphatic rings. The van der Waals surface area contributed by atoms with Crippen molar-refractivity contribution >= 4 is 0 Å². The Kier molecular flexibility index (Phi) is 6.68. The smallest absolute Gasteiger partial charge is 0.122 e. The van der Waals surface area contributed by atoms with Crippen LogP contribution in [0.4, 0.5) is 0 Å². The van der Waals surface area contributed by atoms with Gasteiger partial charge in [0.25, 0.3) is 0 Å². The lowest BCUT2D eigenvalue weighted by atomic mass is 10.2. The molecule has 4 heteroatoms. The third-order valence-electron chi connectivity index (χ3n) is 2.74. The molecule has 0 spiro atoms. The van der Waals surface area contributed by atoms with Crippen molar-refractivity contribution in [2.75, 3.05) is 33.8 Å². The van der Waals surface area contributed by atoms with Crippen molar-refractivity contribution in [1.82, 2.24) is 15.2 Å². The number of nitrogens with one attached hydrogen (secondary N) is 1. The van der Waals surface area contributed by atoms with E-state index < -0.39 is 0 Å². The Hall–Kier alpha value is -1.13. The molecule has 0 atom stereocenters. The lowest BCUT2D eigenvalue weighted by Gasteiger charge is -2.17. The van der Waals surface area contributed by atoms with Gasteiger partial charge < -0.3 is 10.1 Å². The van der Waals surface area contributed by atoms with Crippen LogP contribution in [0.5, 0.6) is 5.75 Å². The fourth-order valence-corrected chi connectivity index (χ4v) is 1.83. The van der Waals surface area contributed by atoms with E-state index in [1.807, 2.05) is 19.1 Å². The summed E-state index contributed by atoms with van der Waals surface area (Å²) in [4.78, 5) is 6.79. The number of aromatic nitrogens is 1. The molecular formula is C14H25N3O. The molecule has 1 aromatic rings. The highest BCUT2D eigenvalue weighted by atomic mass is 16.5. The van der Waals surface area contributed by atoms with Crippen LogP contribution in [0.3, 0.4) is 0 Å². The summed E-state index contributed by atoms with van der Waals surface area (Å²) in [7, 11) is 3.81. The molecule has 0 unspecified atom stereocenters. The number of pyridine rings is 1. The molecule has 102 valence electrons. The number of aryl methyl sites for hydroxylation is 1. The van der Waals surface area contributed by atoms with Crippen LogP contribution in [-0.2, 0) is 6.54 Å². The van der Waals surface area contributed by atoms with Crippen LogP contribution in [0, 0.1) is 6.92 Å². The average Bonchev–Trinajstić information content (AvgIpc) is 2.34. The van der Waals surface area contributed by atoms with Gasteiger partial charge in [0.1, 0.15) is 5.75 Å². The number of hydrogen-bond donors (Lipinski definition) is 1. The maximum Gasteiger partial charge on any atom is 0.122 e. The van der Waals surface area contributed by atoms with Gasteiger partial charge in [0.2, 0.25) is 0 Å². The van der Waals surface area contributed by atoms with Crippen molar-refractivity contribution in [1.29, 1.82) is 0 Å². The molecule has 0 fully saturated rings. The van der Waals surface area contributed by atoms with Gasteiger partial charge in [-0.3, -0.25) is 9.88 Å². The Balaban J connectivity index is 2.43. The summed E-state index contributed by atoms with van der Waals surface area (Å²) < 4.78 is 5.26. The van der Waals surface area contributed by atoms with Crippen molar-refractivity contribution in [2.24, 2.45) is 0 Å². The quantitative estimate of drug-likeness (QED) is 0.715. The molecule has 4 nitrogen and oxygen atoms in total. The minimum atomic E-state index is 0.853. The SMILES string of the molecule is CCCNCCN(C)Cc1cc(OC)cc(C)n1. The largest absolute Gasteiger partial charge is 0.497 e. The van der Waals surface area contributed by atoms with Crippen LogP contribution < -0.4 is 10.1 Å². The molecule has 1 N–H and O–H groups in total. The Morgan fingerprint density at radius 3 is 2.78 bits per heavy atom. The van der Waals surface area contributed by atoms with Crippen LogP contribution in [0.2, 0.25) is 0 Å². The zero-order valence-electron chi connectivity index (χ0n) is 12.0. The average molecular weight is 251 g/mol. The molecule has 18 heavy (non-hydrogen) atoms. The van der Waals surface area contributed by atoms with E-state index in [1.54, 1.807) is 7.11 Å². The first-order chi connectivity index (χ1) is 8.65. The summed E-state index contributed by atoms with van der Waals surface area (Å²) in [5.74, 6) is 0.884. The number of hydrogen-bond acceptors (Lipinski definition) is 4. The van der Waals surface area contributed by atoms with Gasteiger partial charge in [0.05, 0.1) is 12.8 Å². The van der Waals surface area contributed by atoms with Crippen LogP contribution in [-0.4, -0.2) is 43.7 Å². The highest BCUT2D eigenvalue weighted by molar-refractivity contribution is 5.26. The van der Waals surface area contributed by atoms with Gasteiger partial charge in [-0.05, 0) is 26.9 Å². The Bertz CT molecular complexity index is 355. The van der Waals surface area contributed by atoms with Gasteiger partial charge in [-0.25, -0.2) is 0 Å². The topological polar surface area (TPSA) is 37.4 Å². The summed E-state index contributed by atoms with van der Waals surface area (Å²) in [6, 6.07) is 3.95.